The first-order valence-corrected chi connectivity index (χ1v) is 14.8. The van der Waals surface area contributed by atoms with Crippen LogP contribution < -0.4 is 26.6 Å². The van der Waals surface area contributed by atoms with Gasteiger partial charge in [0.25, 0.3) is 0 Å². The molecule has 1 aliphatic rings. The predicted molar refractivity (Wildman–Crippen MR) is 171 cm³/mol. The number of carbonyl (C=O) groups excluding carboxylic acids is 1. The van der Waals surface area contributed by atoms with Gasteiger partial charge in [-0.25, -0.2) is 14.8 Å². The molecule has 1 aromatic carbocycles. The predicted octanol–water partition coefficient (Wildman–Crippen LogP) is 4.43. The van der Waals surface area contributed by atoms with Crippen molar-refractivity contribution in [1.29, 1.82) is 5.26 Å². The van der Waals surface area contributed by atoms with Crippen LogP contribution in [0.1, 0.15) is 50.7 Å². The van der Waals surface area contributed by atoms with E-state index in [0.29, 0.717) is 36.2 Å². The van der Waals surface area contributed by atoms with Gasteiger partial charge in [0.05, 0.1) is 12.4 Å². The van der Waals surface area contributed by atoms with Gasteiger partial charge in [0.1, 0.15) is 23.3 Å². The summed E-state index contributed by atoms with van der Waals surface area (Å²) in [6, 6.07) is 15.8. The van der Waals surface area contributed by atoms with Crippen molar-refractivity contribution in [1.82, 2.24) is 30.0 Å². The minimum absolute atomic E-state index is 0.0357. The quantitative estimate of drug-likeness (QED) is 0.208. The SMILES string of the molecule is Cn1cc(-c2ccc(N(C(=O)NCc3ccccc3)C3CCC(Nc4ncc(C#N)c(NCC(C)(C)N)n4)CC3)nc2)cn1. The summed E-state index contributed by atoms with van der Waals surface area (Å²) in [6.45, 7) is 4.69. The smallest absolute Gasteiger partial charge is 0.323 e. The molecule has 3 heterocycles. The molecule has 4 aromatic rings. The van der Waals surface area contributed by atoms with Crippen LogP contribution in [-0.4, -0.2) is 54.9 Å². The third-order valence-electron chi connectivity index (χ3n) is 7.55. The number of pyridine rings is 1. The monoisotopic (exact) mass is 593 g/mol. The summed E-state index contributed by atoms with van der Waals surface area (Å²) in [5, 5.41) is 23.4. The van der Waals surface area contributed by atoms with Crippen LogP contribution in [0.2, 0.25) is 0 Å². The molecule has 5 N–H and O–H groups in total. The first kappa shape index (κ1) is 30.4. The summed E-state index contributed by atoms with van der Waals surface area (Å²) >= 11 is 0. The standard InChI is InChI=1S/C32H39N11O/c1-32(2,34)21-38-29-24(15-33)18-36-30(41-29)40-26-10-12-27(13-11-26)43(31(44)37-16-22-7-5-4-6-8-22)28-14-9-23(17-35-28)25-19-39-42(3)20-25/h4-9,14,17-20,26-27H,10-13,16,21,34H2,1-3H3,(H,37,44)(H2,36,38,40,41). The lowest BCUT2D eigenvalue weighted by molar-refractivity contribution is 0.240. The molecule has 5 rings (SSSR count). The lowest BCUT2D eigenvalue weighted by atomic mass is 9.90. The Hall–Kier alpha value is -5.02. The van der Waals surface area contributed by atoms with Gasteiger partial charge in [0.2, 0.25) is 5.95 Å². The summed E-state index contributed by atoms with van der Waals surface area (Å²) < 4.78 is 1.75. The lowest BCUT2D eigenvalue weighted by Gasteiger charge is -2.36. The fourth-order valence-corrected chi connectivity index (χ4v) is 5.23. The van der Waals surface area contributed by atoms with Gasteiger partial charge in [-0.05, 0) is 57.2 Å². The summed E-state index contributed by atoms with van der Waals surface area (Å²) in [7, 11) is 1.88. The molecule has 3 aromatic heterocycles. The van der Waals surface area contributed by atoms with Gasteiger partial charge in [-0.2, -0.15) is 15.3 Å². The minimum atomic E-state index is -0.461. The van der Waals surface area contributed by atoms with Gasteiger partial charge in [0, 0.05) is 61.3 Å². The Labute approximate surface area is 257 Å². The van der Waals surface area contributed by atoms with E-state index in [0.717, 1.165) is 42.4 Å². The van der Waals surface area contributed by atoms with Crippen molar-refractivity contribution in [2.75, 3.05) is 22.1 Å². The van der Waals surface area contributed by atoms with Crippen LogP contribution in [0, 0.1) is 11.3 Å². The van der Waals surface area contributed by atoms with Crippen LogP contribution >= 0.6 is 0 Å². The molecule has 0 aliphatic heterocycles. The Morgan fingerprint density at radius 2 is 1.84 bits per heavy atom. The number of rotatable bonds is 10. The Morgan fingerprint density at radius 3 is 2.48 bits per heavy atom. The molecular formula is C32H39N11O. The largest absolute Gasteiger partial charge is 0.367 e. The Kier molecular flexibility index (Phi) is 9.35. The molecule has 2 amide bonds. The number of nitrogens with two attached hydrogens (primary N) is 1. The molecule has 0 radical (unpaired) electrons. The van der Waals surface area contributed by atoms with Crippen LogP contribution in [0.15, 0.2) is 67.3 Å². The molecule has 0 spiro atoms. The molecule has 0 saturated heterocycles. The second kappa shape index (κ2) is 13.5. The molecule has 0 atom stereocenters. The van der Waals surface area contributed by atoms with Gasteiger partial charge in [-0.3, -0.25) is 9.58 Å². The fraction of sp³-hybridized carbons (Fsp3) is 0.375. The van der Waals surface area contributed by atoms with Crippen LogP contribution in [0.4, 0.5) is 22.4 Å². The van der Waals surface area contributed by atoms with Gasteiger partial charge in [-0.1, -0.05) is 30.3 Å². The van der Waals surface area contributed by atoms with Gasteiger partial charge < -0.3 is 21.7 Å². The van der Waals surface area contributed by atoms with Gasteiger partial charge >= 0.3 is 6.03 Å². The number of aryl methyl sites for hydroxylation is 1. The molecule has 12 heteroatoms. The molecular weight excluding hydrogens is 554 g/mol. The first-order chi connectivity index (χ1) is 21.2. The van der Waals surface area contributed by atoms with E-state index in [4.69, 9.17) is 10.7 Å². The summed E-state index contributed by atoms with van der Waals surface area (Å²) in [5.74, 6) is 1.52. The number of anilines is 3. The molecule has 0 unspecified atom stereocenters. The van der Waals surface area contributed by atoms with Crippen molar-refractivity contribution in [2.45, 2.75) is 63.7 Å². The van der Waals surface area contributed by atoms with Crippen molar-refractivity contribution in [3.8, 4) is 17.2 Å². The van der Waals surface area contributed by atoms with Crippen LogP contribution in [-0.2, 0) is 13.6 Å². The van der Waals surface area contributed by atoms with Crippen LogP contribution in [0.3, 0.4) is 0 Å². The number of nitrogens with one attached hydrogen (secondary N) is 3. The van der Waals surface area contributed by atoms with E-state index in [1.807, 2.05) is 69.6 Å². The van der Waals surface area contributed by atoms with Crippen molar-refractivity contribution in [2.24, 2.45) is 12.8 Å². The normalized spacial score (nSPS) is 16.5. The second-order valence-electron chi connectivity index (χ2n) is 11.9. The maximum Gasteiger partial charge on any atom is 0.323 e. The van der Waals surface area contributed by atoms with E-state index in [-0.39, 0.29) is 18.1 Å². The molecule has 1 fully saturated rings. The van der Waals surface area contributed by atoms with E-state index in [1.165, 1.54) is 6.20 Å². The number of nitrogens with zero attached hydrogens (tertiary/aromatic N) is 7. The number of hydrogen-bond acceptors (Lipinski definition) is 9. The highest BCUT2D eigenvalue weighted by atomic mass is 16.2. The Morgan fingerprint density at radius 1 is 1.07 bits per heavy atom. The molecule has 12 nitrogen and oxygen atoms in total. The zero-order chi connectivity index (χ0) is 31.1. The van der Waals surface area contributed by atoms with Crippen molar-refractivity contribution >= 4 is 23.6 Å². The summed E-state index contributed by atoms with van der Waals surface area (Å²) in [5.41, 5.74) is 8.93. The average molecular weight is 594 g/mol. The zero-order valence-electron chi connectivity index (χ0n) is 25.4. The number of amides is 2. The van der Waals surface area contributed by atoms with E-state index < -0.39 is 5.54 Å². The molecule has 228 valence electrons. The number of aromatic nitrogens is 5. The number of benzene rings is 1. The van der Waals surface area contributed by atoms with Gasteiger partial charge in [-0.15, -0.1) is 0 Å². The topological polar surface area (TPSA) is 163 Å². The van der Waals surface area contributed by atoms with Crippen molar-refractivity contribution < 1.29 is 4.79 Å². The highest BCUT2D eigenvalue weighted by Crippen LogP contribution is 2.30. The van der Waals surface area contributed by atoms with Crippen molar-refractivity contribution in [3.63, 3.8) is 0 Å². The van der Waals surface area contributed by atoms with Crippen LogP contribution in [0.25, 0.3) is 11.1 Å². The summed E-state index contributed by atoms with van der Waals surface area (Å²) in [4.78, 5) is 29.1. The number of nitriles is 1. The maximum atomic E-state index is 13.7. The third-order valence-corrected chi connectivity index (χ3v) is 7.55. The lowest BCUT2D eigenvalue weighted by Crippen LogP contribution is -2.49. The van der Waals surface area contributed by atoms with Crippen molar-refractivity contribution in [3.05, 3.63) is 78.4 Å². The minimum Gasteiger partial charge on any atom is -0.367 e. The number of carbonyl (C=O) groups is 1. The van der Waals surface area contributed by atoms with Crippen LogP contribution in [0.5, 0.6) is 0 Å². The average Bonchev–Trinajstić information content (AvgIpc) is 3.46. The number of hydrogen-bond donors (Lipinski definition) is 4. The highest BCUT2D eigenvalue weighted by molar-refractivity contribution is 5.91. The molecule has 44 heavy (non-hydrogen) atoms. The van der Waals surface area contributed by atoms with E-state index in [2.05, 4.69) is 37.1 Å². The Bertz CT molecular complexity index is 1580. The third kappa shape index (κ3) is 7.87. The van der Waals surface area contributed by atoms with E-state index in [9.17, 15) is 10.1 Å². The fourth-order valence-electron chi connectivity index (χ4n) is 5.23. The van der Waals surface area contributed by atoms with Gasteiger partial charge in [0.15, 0.2) is 0 Å². The second-order valence-corrected chi connectivity index (χ2v) is 11.9. The Balaban J connectivity index is 1.28. The molecule has 1 saturated carbocycles. The number of urea groups is 1. The maximum absolute atomic E-state index is 13.7. The van der Waals surface area contributed by atoms with E-state index in [1.54, 1.807) is 22.0 Å². The highest BCUT2D eigenvalue weighted by Gasteiger charge is 2.31. The molecule has 0 bridgehead atoms. The van der Waals surface area contributed by atoms with E-state index >= 15 is 0 Å². The molecule has 1 aliphatic carbocycles. The summed E-state index contributed by atoms with van der Waals surface area (Å²) in [6.07, 6.45) is 10.2. The zero-order valence-corrected chi connectivity index (χ0v) is 25.4. The first-order valence-electron chi connectivity index (χ1n) is 14.8.